The van der Waals surface area contributed by atoms with Crippen LogP contribution in [0.5, 0.6) is 0 Å². The van der Waals surface area contributed by atoms with Crippen LogP contribution in [0.1, 0.15) is 6.92 Å². The highest BCUT2D eigenvalue weighted by Crippen LogP contribution is 1.81. The number of carbonyl (C=O) groups is 3. The maximum absolute atomic E-state index is 11.0. The molecule has 0 rings (SSSR count). The molecule has 0 unspecified atom stereocenters. The van der Waals surface area contributed by atoms with Gasteiger partial charge in [0.2, 0.25) is 5.91 Å². The van der Waals surface area contributed by atoms with Gasteiger partial charge < -0.3 is 15.4 Å². The Bertz CT molecular complexity index is 273. The van der Waals surface area contributed by atoms with Crippen LogP contribution < -0.4 is 10.6 Å². The highest BCUT2D eigenvalue weighted by molar-refractivity contribution is 5.87. The van der Waals surface area contributed by atoms with Gasteiger partial charge in [0.25, 0.3) is 5.91 Å². The van der Waals surface area contributed by atoms with Crippen LogP contribution in [0.25, 0.3) is 0 Å². The van der Waals surface area contributed by atoms with Gasteiger partial charge in [-0.05, 0) is 6.92 Å². The Hall–Kier alpha value is -1.85. The Balaban J connectivity index is 3.66. The van der Waals surface area contributed by atoms with E-state index in [1.54, 1.807) is 6.92 Å². The van der Waals surface area contributed by atoms with Gasteiger partial charge in [0, 0.05) is 13.1 Å². The van der Waals surface area contributed by atoms with Gasteiger partial charge in [-0.15, -0.1) is 0 Å². The standard InChI is InChI=1S/C9H14N2O4/c1-3-4-9(14)15-6-8(13)11-5-7(12)10-2/h3-4H,5-6H2,1-2H3,(H,10,12)(H,11,13)/b4-3+. The molecule has 6 heteroatoms. The SMILES string of the molecule is C/C=C/C(=O)OCC(=O)NCC(=O)NC. The molecule has 0 aliphatic carbocycles. The van der Waals surface area contributed by atoms with Gasteiger partial charge in [-0.2, -0.15) is 0 Å². The molecular weight excluding hydrogens is 200 g/mol. The molecule has 0 fully saturated rings. The topological polar surface area (TPSA) is 84.5 Å². The minimum Gasteiger partial charge on any atom is -0.452 e. The fourth-order valence-corrected chi connectivity index (χ4v) is 0.639. The summed E-state index contributed by atoms with van der Waals surface area (Å²) in [6.45, 7) is 1.14. The van der Waals surface area contributed by atoms with E-state index >= 15 is 0 Å². The normalized spacial score (nSPS) is 9.73. The average molecular weight is 214 g/mol. The summed E-state index contributed by atoms with van der Waals surface area (Å²) in [5, 5.41) is 4.61. The van der Waals surface area contributed by atoms with Crippen molar-refractivity contribution in [2.24, 2.45) is 0 Å². The van der Waals surface area contributed by atoms with E-state index in [0.717, 1.165) is 0 Å². The first-order valence-electron chi connectivity index (χ1n) is 4.37. The van der Waals surface area contributed by atoms with Gasteiger partial charge in [-0.1, -0.05) is 6.08 Å². The maximum Gasteiger partial charge on any atom is 0.330 e. The Morgan fingerprint density at radius 1 is 1.27 bits per heavy atom. The molecule has 0 bridgehead atoms. The van der Waals surface area contributed by atoms with E-state index in [4.69, 9.17) is 0 Å². The summed E-state index contributed by atoms with van der Waals surface area (Å²) in [4.78, 5) is 32.5. The molecule has 84 valence electrons. The minimum atomic E-state index is -0.590. The number of esters is 1. The number of amides is 2. The van der Waals surface area contributed by atoms with Crippen molar-refractivity contribution in [3.8, 4) is 0 Å². The Morgan fingerprint density at radius 2 is 1.93 bits per heavy atom. The third-order valence-electron chi connectivity index (χ3n) is 1.37. The van der Waals surface area contributed by atoms with Crippen LogP contribution >= 0.6 is 0 Å². The molecule has 0 aliphatic rings. The first-order chi connectivity index (χ1) is 7.10. The summed E-state index contributed by atoms with van der Waals surface area (Å²) >= 11 is 0. The first kappa shape index (κ1) is 13.2. The summed E-state index contributed by atoms with van der Waals surface area (Å²) in [5.74, 6) is -1.42. The van der Waals surface area contributed by atoms with Crippen LogP contribution in [0.3, 0.4) is 0 Å². The smallest absolute Gasteiger partial charge is 0.330 e. The van der Waals surface area contributed by atoms with Gasteiger partial charge in [0.05, 0.1) is 6.54 Å². The van der Waals surface area contributed by atoms with Crippen LogP contribution in [-0.4, -0.2) is 38.0 Å². The van der Waals surface area contributed by atoms with Crippen molar-refractivity contribution in [3.63, 3.8) is 0 Å². The predicted molar refractivity (Wildman–Crippen MR) is 52.8 cm³/mol. The molecule has 0 aromatic rings. The second-order valence-corrected chi connectivity index (χ2v) is 2.56. The molecule has 0 heterocycles. The number of rotatable bonds is 5. The fourth-order valence-electron chi connectivity index (χ4n) is 0.639. The van der Waals surface area contributed by atoms with E-state index < -0.39 is 11.9 Å². The number of hydrogen-bond acceptors (Lipinski definition) is 4. The highest BCUT2D eigenvalue weighted by Gasteiger charge is 2.05. The monoisotopic (exact) mass is 214 g/mol. The van der Waals surface area contributed by atoms with E-state index in [0.29, 0.717) is 0 Å². The van der Waals surface area contributed by atoms with Crippen molar-refractivity contribution >= 4 is 17.8 Å². The third kappa shape index (κ3) is 7.24. The lowest BCUT2D eigenvalue weighted by Gasteiger charge is -2.03. The fraction of sp³-hybridized carbons (Fsp3) is 0.444. The molecule has 0 spiro atoms. The molecule has 0 saturated carbocycles. The lowest BCUT2D eigenvalue weighted by atomic mass is 10.5. The average Bonchev–Trinajstić information content (AvgIpc) is 2.23. The van der Waals surface area contributed by atoms with Crippen molar-refractivity contribution in [2.75, 3.05) is 20.2 Å². The molecule has 2 amide bonds. The lowest BCUT2D eigenvalue weighted by Crippen LogP contribution is -2.37. The number of allylic oxidation sites excluding steroid dienone is 1. The van der Waals surface area contributed by atoms with E-state index in [1.165, 1.54) is 19.2 Å². The molecule has 0 atom stereocenters. The highest BCUT2D eigenvalue weighted by atomic mass is 16.5. The number of carbonyl (C=O) groups excluding carboxylic acids is 3. The van der Waals surface area contributed by atoms with Crippen molar-refractivity contribution in [1.82, 2.24) is 10.6 Å². The van der Waals surface area contributed by atoms with Crippen molar-refractivity contribution in [2.45, 2.75) is 6.92 Å². The van der Waals surface area contributed by atoms with Gasteiger partial charge in [-0.25, -0.2) is 4.79 Å². The second kappa shape index (κ2) is 7.54. The van der Waals surface area contributed by atoms with Gasteiger partial charge in [0.1, 0.15) is 0 Å². The summed E-state index contributed by atoms with van der Waals surface area (Å²) in [6.07, 6.45) is 2.71. The molecule has 0 aromatic heterocycles. The van der Waals surface area contributed by atoms with Gasteiger partial charge in [-0.3, -0.25) is 9.59 Å². The molecule has 0 aromatic carbocycles. The number of hydrogen-bond donors (Lipinski definition) is 2. The molecule has 15 heavy (non-hydrogen) atoms. The summed E-state index contributed by atoms with van der Waals surface area (Å²) < 4.78 is 4.54. The van der Waals surface area contributed by atoms with E-state index in [1.807, 2.05) is 0 Å². The largest absolute Gasteiger partial charge is 0.452 e. The van der Waals surface area contributed by atoms with Crippen molar-refractivity contribution in [1.29, 1.82) is 0 Å². The Kier molecular flexibility index (Phi) is 6.61. The van der Waals surface area contributed by atoms with Gasteiger partial charge in [0.15, 0.2) is 6.61 Å². The molecule has 2 N–H and O–H groups in total. The van der Waals surface area contributed by atoms with Crippen molar-refractivity contribution < 1.29 is 19.1 Å². The zero-order valence-electron chi connectivity index (χ0n) is 8.70. The van der Waals surface area contributed by atoms with Crippen LogP contribution in [0, 0.1) is 0 Å². The minimum absolute atomic E-state index is 0.128. The zero-order chi connectivity index (χ0) is 11.7. The predicted octanol–water partition coefficient (Wildman–Crippen LogP) is -1.03. The zero-order valence-corrected chi connectivity index (χ0v) is 8.70. The number of nitrogens with one attached hydrogen (secondary N) is 2. The van der Waals surface area contributed by atoms with Crippen molar-refractivity contribution in [3.05, 3.63) is 12.2 Å². The molecule has 0 aliphatic heterocycles. The molecule has 0 radical (unpaired) electrons. The van der Waals surface area contributed by atoms with E-state index in [9.17, 15) is 14.4 Å². The van der Waals surface area contributed by atoms with Gasteiger partial charge >= 0.3 is 5.97 Å². The Labute approximate surface area is 87.7 Å². The first-order valence-corrected chi connectivity index (χ1v) is 4.37. The quantitative estimate of drug-likeness (QED) is 0.452. The van der Waals surface area contributed by atoms with Crippen LogP contribution in [0.4, 0.5) is 0 Å². The second-order valence-electron chi connectivity index (χ2n) is 2.56. The number of likely N-dealkylation sites (N-methyl/N-ethyl adjacent to an activating group) is 1. The molecular formula is C9H14N2O4. The van der Waals surface area contributed by atoms with Crippen LogP contribution in [-0.2, 0) is 19.1 Å². The van der Waals surface area contributed by atoms with Crippen LogP contribution in [0.15, 0.2) is 12.2 Å². The summed E-state index contributed by atoms with van der Waals surface area (Å²) in [6, 6.07) is 0. The lowest BCUT2D eigenvalue weighted by molar-refractivity contribution is -0.144. The summed E-state index contributed by atoms with van der Waals surface area (Å²) in [5.41, 5.74) is 0. The molecule has 6 nitrogen and oxygen atoms in total. The van der Waals surface area contributed by atoms with E-state index in [2.05, 4.69) is 15.4 Å². The number of ether oxygens (including phenoxy) is 1. The van der Waals surface area contributed by atoms with E-state index in [-0.39, 0.29) is 19.1 Å². The molecule has 0 saturated heterocycles. The maximum atomic E-state index is 11.0. The third-order valence-corrected chi connectivity index (χ3v) is 1.37. The Morgan fingerprint density at radius 3 is 2.47 bits per heavy atom. The van der Waals surface area contributed by atoms with Crippen LogP contribution in [0.2, 0.25) is 0 Å². The summed E-state index contributed by atoms with van der Waals surface area (Å²) in [7, 11) is 1.46.